The van der Waals surface area contributed by atoms with Crippen molar-refractivity contribution in [2.45, 2.75) is 38.3 Å². The highest BCUT2D eigenvalue weighted by Gasteiger charge is 2.21. The van der Waals surface area contributed by atoms with Gasteiger partial charge in [0.25, 0.3) is 0 Å². The number of ether oxygens (including phenoxy) is 1. The largest absolute Gasteiger partial charge is 0.375 e. The van der Waals surface area contributed by atoms with Gasteiger partial charge in [0.1, 0.15) is 0 Å². The summed E-state index contributed by atoms with van der Waals surface area (Å²) in [6.45, 7) is 2.73. The number of fused-ring (bicyclic) bond motifs is 1. The molecule has 0 saturated heterocycles. The lowest BCUT2D eigenvalue weighted by Crippen LogP contribution is -2.31. The smallest absolute Gasteiger partial charge is 0.0721 e. The highest BCUT2D eigenvalue weighted by Crippen LogP contribution is 2.29. The lowest BCUT2D eigenvalue weighted by Gasteiger charge is -2.29. The third kappa shape index (κ3) is 2.53. The summed E-state index contributed by atoms with van der Waals surface area (Å²) in [5, 5.41) is 3.65. The molecule has 0 spiro atoms. The first-order valence-corrected chi connectivity index (χ1v) is 6.82. The van der Waals surface area contributed by atoms with Crippen LogP contribution in [0.5, 0.6) is 0 Å². The maximum atomic E-state index is 5.64. The molecule has 2 nitrogen and oxygen atoms in total. The molecule has 0 aromatic heterocycles. The maximum Gasteiger partial charge on any atom is 0.0721 e. The van der Waals surface area contributed by atoms with Crippen LogP contribution < -0.4 is 5.32 Å². The van der Waals surface area contributed by atoms with Crippen LogP contribution in [0.4, 0.5) is 0 Å². The topological polar surface area (TPSA) is 21.3 Å². The van der Waals surface area contributed by atoms with E-state index < -0.39 is 0 Å². The summed E-state index contributed by atoms with van der Waals surface area (Å²) in [6.07, 6.45) is 5.66. The van der Waals surface area contributed by atoms with Gasteiger partial charge in [-0.1, -0.05) is 43.5 Å². The molecule has 1 heterocycles. The number of nitrogens with one attached hydrogen (secondary N) is 1. The molecule has 1 atom stereocenters. The molecule has 1 saturated carbocycles. The predicted octanol–water partition coefficient (Wildman–Crippen LogP) is 3.04. The molecule has 1 aliphatic heterocycles. The van der Waals surface area contributed by atoms with Crippen LogP contribution in [0, 0.1) is 5.92 Å². The fraction of sp³-hybridized carbons (Fsp3) is 0.600. The van der Waals surface area contributed by atoms with Crippen LogP contribution in [0.25, 0.3) is 0 Å². The predicted molar refractivity (Wildman–Crippen MR) is 68.8 cm³/mol. The van der Waals surface area contributed by atoms with E-state index in [-0.39, 0.29) is 0 Å². The van der Waals surface area contributed by atoms with E-state index in [1.54, 1.807) is 0 Å². The van der Waals surface area contributed by atoms with E-state index in [1.807, 2.05) is 0 Å². The van der Waals surface area contributed by atoms with Gasteiger partial charge < -0.3 is 10.1 Å². The summed E-state index contributed by atoms with van der Waals surface area (Å²) in [7, 11) is 0. The van der Waals surface area contributed by atoms with Crippen molar-refractivity contribution in [3.05, 3.63) is 35.4 Å². The minimum absolute atomic E-state index is 0.403. The van der Waals surface area contributed by atoms with Crippen LogP contribution in [-0.4, -0.2) is 13.2 Å². The Hall–Kier alpha value is -0.860. The quantitative estimate of drug-likeness (QED) is 0.860. The van der Waals surface area contributed by atoms with E-state index in [0.29, 0.717) is 6.04 Å². The van der Waals surface area contributed by atoms with E-state index >= 15 is 0 Å². The number of hydrogen-bond donors (Lipinski definition) is 1. The van der Waals surface area contributed by atoms with Gasteiger partial charge in [-0.2, -0.15) is 0 Å². The lowest BCUT2D eigenvalue weighted by molar-refractivity contribution is 0.0813. The molecule has 1 fully saturated rings. The van der Waals surface area contributed by atoms with Crippen molar-refractivity contribution in [1.82, 2.24) is 5.32 Å². The van der Waals surface area contributed by atoms with Gasteiger partial charge in [0.15, 0.2) is 0 Å². The number of benzene rings is 1. The second-order valence-electron chi connectivity index (χ2n) is 5.31. The van der Waals surface area contributed by atoms with Crippen molar-refractivity contribution in [3.63, 3.8) is 0 Å². The van der Waals surface area contributed by atoms with Crippen LogP contribution in [-0.2, 0) is 11.3 Å². The second kappa shape index (κ2) is 5.19. The Labute approximate surface area is 103 Å². The molecule has 1 aromatic carbocycles. The van der Waals surface area contributed by atoms with Gasteiger partial charge in [0, 0.05) is 0 Å². The number of hydrogen-bond acceptors (Lipinski definition) is 2. The van der Waals surface area contributed by atoms with Crippen LogP contribution in [0.1, 0.15) is 42.9 Å². The normalized spacial score (nSPS) is 24.1. The minimum atomic E-state index is 0.403. The maximum absolute atomic E-state index is 5.64. The molecule has 1 N–H and O–H groups in total. The zero-order chi connectivity index (χ0) is 11.5. The molecule has 0 bridgehead atoms. The third-order valence-corrected chi connectivity index (χ3v) is 4.14. The fourth-order valence-electron chi connectivity index (χ4n) is 2.79. The second-order valence-corrected chi connectivity index (χ2v) is 5.31. The third-order valence-electron chi connectivity index (χ3n) is 4.14. The summed E-state index contributed by atoms with van der Waals surface area (Å²) in [5.41, 5.74) is 2.78. The molecule has 3 rings (SSSR count). The van der Waals surface area contributed by atoms with Crippen molar-refractivity contribution in [2.24, 2.45) is 5.92 Å². The molecule has 92 valence electrons. The highest BCUT2D eigenvalue weighted by molar-refractivity contribution is 5.30. The number of rotatable bonds is 4. The first-order chi connectivity index (χ1) is 8.43. The molecular formula is C15H21NO. The van der Waals surface area contributed by atoms with Crippen LogP contribution in [0.3, 0.4) is 0 Å². The van der Waals surface area contributed by atoms with Gasteiger partial charge in [-0.05, 0) is 30.0 Å². The van der Waals surface area contributed by atoms with E-state index in [1.165, 1.54) is 36.8 Å². The molecule has 2 aliphatic rings. The van der Waals surface area contributed by atoms with Crippen molar-refractivity contribution < 1.29 is 4.74 Å². The molecule has 1 aromatic rings. The summed E-state index contributed by atoms with van der Waals surface area (Å²) in [6, 6.07) is 9.04. The molecule has 1 aliphatic carbocycles. The van der Waals surface area contributed by atoms with Gasteiger partial charge in [-0.25, -0.2) is 0 Å². The highest BCUT2D eigenvalue weighted by atomic mass is 16.5. The molecule has 1 unspecified atom stereocenters. The van der Waals surface area contributed by atoms with Gasteiger partial charge >= 0.3 is 0 Å². The van der Waals surface area contributed by atoms with Crippen LogP contribution >= 0.6 is 0 Å². The van der Waals surface area contributed by atoms with E-state index in [9.17, 15) is 0 Å². The Balaban J connectivity index is 1.56. The first kappa shape index (κ1) is 11.2. The average molecular weight is 231 g/mol. The van der Waals surface area contributed by atoms with Crippen LogP contribution in [0.2, 0.25) is 0 Å². The van der Waals surface area contributed by atoms with Gasteiger partial charge in [0.05, 0.1) is 19.3 Å². The summed E-state index contributed by atoms with van der Waals surface area (Å²) in [5.74, 6) is 0.988. The molecule has 2 heteroatoms. The summed E-state index contributed by atoms with van der Waals surface area (Å²) in [4.78, 5) is 0. The molecule has 0 radical (unpaired) electrons. The Morgan fingerprint density at radius 3 is 2.94 bits per heavy atom. The Morgan fingerprint density at radius 2 is 2.12 bits per heavy atom. The average Bonchev–Trinajstić information content (AvgIpc) is 2.32. The molecule has 0 amide bonds. The van der Waals surface area contributed by atoms with Crippen LogP contribution in [0.15, 0.2) is 24.3 Å². The van der Waals surface area contributed by atoms with Gasteiger partial charge in [0.2, 0.25) is 0 Å². The van der Waals surface area contributed by atoms with Gasteiger partial charge in [-0.3, -0.25) is 0 Å². The zero-order valence-corrected chi connectivity index (χ0v) is 10.3. The fourth-order valence-corrected chi connectivity index (χ4v) is 2.79. The van der Waals surface area contributed by atoms with E-state index in [4.69, 9.17) is 4.74 Å². The Morgan fingerprint density at radius 1 is 1.24 bits per heavy atom. The molecular weight excluding hydrogens is 210 g/mol. The molecule has 17 heavy (non-hydrogen) atoms. The zero-order valence-electron chi connectivity index (χ0n) is 10.3. The van der Waals surface area contributed by atoms with Crippen molar-refractivity contribution in [1.29, 1.82) is 0 Å². The standard InChI is InChI=1S/C15H21NO/c1-2-7-14-13(6-1)10-17-11-15(14)16-9-8-12-4-3-5-12/h1-2,6-7,12,15-16H,3-5,8-11H2. The van der Waals surface area contributed by atoms with E-state index in [0.717, 1.165) is 25.7 Å². The first-order valence-electron chi connectivity index (χ1n) is 6.82. The minimum Gasteiger partial charge on any atom is -0.375 e. The summed E-state index contributed by atoms with van der Waals surface area (Å²) >= 11 is 0. The van der Waals surface area contributed by atoms with E-state index in [2.05, 4.69) is 29.6 Å². The Bertz CT molecular complexity index is 373. The monoisotopic (exact) mass is 231 g/mol. The SMILES string of the molecule is c1ccc2c(c1)COCC2NCCC1CCC1. The summed E-state index contributed by atoms with van der Waals surface area (Å²) < 4.78 is 5.64. The van der Waals surface area contributed by atoms with Gasteiger partial charge in [-0.15, -0.1) is 0 Å². The lowest BCUT2D eigenvalue weighted by atomic mass is 9.83. The van der Waals surface area contributed by atoms with Crippen molar-refractivity contribution in [2.75, 3.05) is 13.2 Å². The van der Waals surface area contributed by atoms with Crippen molar-refractivity contribution >= 4 is 0 Å². The van der Waals surface area contributed by atoms with Crippen molar-refractivity contribution in [3.8, 4) is 0 Å². The Kier molecular flexibility index (Phi) is 3.44.